The number of carbonyl (C=O) groups is 1. The molecule has 0 aromatic heterocycles. The van der Waals surface area contributed by atoms with Crippen LogP contribution in [-0.4, -0.2) is 44.3 Å². The Labute approximate surface area is 182 Å². The van der Waals surface area contributed by atoms with Gasteiger partial charge in [0.05, 0.1) is 22.2 Å². The van der Waals surface area contributed by atoms with Gasteiger partial charge >= 0.3 is 0 Å². The van der Waals surface area contributed by atoms with E-state index >= 15 is 0 Å². The second kappa shape index (κ2) is 8.57. The second-order valence-electron chi connectivity index (χ2n) is 7.95. The number of hydrogen-bond donors (Lipinski definition) is 1. The summed E-state index contributed by atoms with van der Waals surface area (Å²) in [6.07, 6.45) is 3.71. The predicted molar refractivity (Wildman–Crippen MR) is 120 cm³/mol. The second-order valence-corrected chi connectivity index (χ2v) is 10.3. The van der Waals surface area contributed by atoms with Gasteiger partial charge in [0.25, 0.3) is 0 Å². The molecule has 1 fully saturated rings. The third kappa shape index (κ3) is 4.19. The summed E-state index contributed by atoms with van der Waals surface area (Å²) >= 11 is 6.27. The number of rotatable bonds is 5. The summed E-state index contributed by atoms with van der Waals surface area (Å²) in [5, 5.41) is 3.13. The van der Waals surface area contributed by atoms with E-state index in [1.165, 1.54) is 28.1 Å². The molecule has 0 radical (unpaired) electrons. The molecule has 0 bridgehead atoms. The molecule has 0 unspecified atom stereocenters. The van der Waals surface area contributed by atoms with Gasteiger partial charge in [-0.05, 0) is 62.4 Å². The van der Waals surface area contributed by atoms with Crippen LogP contribution in [0.2, 0.25) is 5.02 Å². The average Bonchev–Trinajstić information content (AvgIpc) is 3.27. The van der Waals surface area contributed by atoms with E-state index < -0.39 is 10.0 Å². The van der Waals surface area contributed by atoms with Crippen molar-refractivity contribution in [1.82, 2.24) is 4.31 Å². The van der Waals surface area contributed by atoms with Crippen LogP contribution in [0.5, 0.6) is 0 Å². The number of nitrogens with one attached hydrogen (secondary N) is 1. The first-order valence-electron chi connectivity index (χ1n) is 10.3. The fourth-order valence-electron chi connectivity index (χ4n) is 4.18. The normalized spacial score (nSPS) is 19.5. The SMILES string of the molecule is C[C@H]1CCc2ccccc2N1CC(=O)Nc1cc(S(=O)(=O)N2CCCC2)ccc1Cl. The molecule has 8 heteroatoms. The Bertz CT molecular complexity index is 1050. The third-order valence-corrected chi connectivity index (χ3v) is 8.12. The van der Waals surface area contributed by atoms with Gasteiger partial charge in [-0.25, -0.2) is 8.42 Å². The number of benzene rings is 2. The van der Waals surface area contributed by atoms with Gasteiger partial charge in [0, 0.05) is 24.8 Å². The number of fused-ring (bicyclic) bond motifs is 1. The zero-order valence-corrected chi connectivity index (χ0v) is 18.5. The number of sulfonamides is 1. The maximum atomic E-state index is 12.8. The summed E-state index contributed by atoms with van der Waals surface area (Å²) in [6.45, 7) is 3.34. The van der Waals surface area contributed by atoms with E-state index in [0.29, 0.717) is 23.8 Å². The first-order valence-corrected chi connectivity index (χ1v) is 12.1. The van der Waals surface area contributed by atoms with Crippen LogP contribution in [0.25, 0.3) is 0 Å². The van der Waals surface area contributed by atoms with E-state index in [1.54, 1.807) is 0 Å². The monoisotopic (exact) mass is 447 g/mol. The Balaban J connectivity index is 1.52. The molecule has 30 heavy (non-hydrogen) atoms. The number of halogens is 1. The van der Waals surface area contributed by atoms with Crippen molar-refractivity contribution in [2.45, 2.75) is 43.5 Å². The molecular weight excluding hydrogens is 422 g/mol. The number of carbonyl (C=O) groups excluding carboxylic acids is 1. The van der Waals surface area contributed by atoms with Gasteiger partial charge in [0.2, 0.25) is 15.9 Å². The molecule has 1 amide bonds. The zero-order chi connectivity index (χ0) is 21.3. The minimum Gasteiger partial charge on any atom is -0.359 e. The van der Waals surface area contributed by atoms with Gasteiger partial charge in [-0.1, -0.05) is 29.8 Å². The molecule has 1 saturated heterocycles. The molecule has 1 atom stereocenters. The summed E-state index contributed by atoms with van der Waals surface area (Å²) in [4.78, 5) is 15.1. The van der Waals surface area contributed by atoms with Crippen LogP contribution >= 0.6 is 11.6 Å². The molecule has 0 aliphatic carbocycles. The topological polar surface area (TPSA) is 69.7 Å². The summed E-state index contributed by atoms with van der Waals surface area (Å²) in [6, 6.07) is 12.8. The molecule has 2 heterocycles. The lowest BCUT2D eigenvalue weighted by Gasteiger charge is -2.36. The van der Waals surface area contributed by atoms with Crippen LogP contribution in [0, 0.1) is 0 Å². The number of para-hydroxylation sites is 1. The van der Waals surface area contributed by atoms with E-state index in [9.17, 15) is 13.2 Å². The molecule has 2 aliphatic heterocycles. The Hall–Kier alpha value is -2.09. The van der Waals surface area contributed by atoms with Crippen molar-refractivity contribution in [3.05, 3.63) is 53.1 Å². The fraction of sp³-hybridized carbons (Fsp3) is 0.409. The van der Waals surface area contributed by atoms with Crippen molar-refractivity contribution < 1.29 is 13.2 Å². The van der Waals surface area contributed by atoms with Gasteiger partial charge in [0.15, 0.2) is 0 Å². The number of nitrogens with zero attached hydrogens (tertiary/aromatic N) is 2. The molecule has 1 N–H and O–H groups in total. The molecular formula is C22H26ClN3O3S. The molecule has 2 aromatic rings. The summed E-state index contributed by atoms with van der Waals surface area (Å²) in [7, 11) is -3.58. The molecule has 2 aromatic carbocycles. The van der Waals surface area contributed by atoms with Crippen LogP contribution in [0.3, 0.4) is 0 Å². The number of anilines is 2. The lowest BCUT2D eigenvalue weighted by atomic mass is 9.96. The quantitative estimate of drug-likeness (QED) is 0.754. The Morgan fingerprint density at radius 2 is 1.90 bits per heavy atom. The maximum absolute atomic E-state index is 12.8. The number of aryl methyl sites for hydroxylation is 1. The zero-order valence-electron chi connectivity index (χ0n) is 17.0. The molecule has 0 saturated carbocycles. The number of hydrogen-bond acceptors (Lipinski definition) is 4. The smallest absolute Gasteiger partial charge is 0.243 e. The van der Waals surface area contributed by atoms with Crippen LogP contribution in [0.4, 0.5) is 11.4 Å². The lowest BCUT2D eigenvalue weighted by Crippen LogP contribution is -2.42. The largest absolute Gasteiger partial charge is 0.359 e. The van der Waals surface area contributed by atoms with Crippen molar-refractivity contribution in [2.24, 2.45) is 0 Å². The first kappa shape index (κ1) is 21.2. The molecule has 6 nitrogen and oxygen atoms in total. The van der Waals surface area contributed by atoms with Gasteiger partial charge in [-0.15, -0.1) is 0 Å². The highest BCUT2D eigenvalue weighted by Crippen LogP contribution is 2.31. The van der Waals surface area contributed by atoms with E-state index in [4.69, 9.17) is 11.6 Å². The van der Waals surface area contributed by atoms with Crippen LogP contribution in [-0.2, 0) is 21.2 Å². The van der Waals surface area contributed by atoms with Crippen LogP contribution in [0.1, 0.15) is 31.7 Å². The highest BCUT2D eigenvalue weighted by molar-refractivity contribution is 7.89. The third-order valence-electron chi connectivity index (χ3n) is 5.89. The minimum absolute atomic E-state index is 0.154. The molecule has 2 aliphatic rings. The van der Waals surface area contributed by atoms with Crippen molar-refractivity contribution in [1.29, 1.82) is 0 Å². The summed E-state index contributed by atoms with van der Waals surface area (Å²) in [5.41, 5.74) is 2.63. The Morgan fingerprint density at radius 3 is 2.67 bits per heavy atom. The highest BCUT2D eigenvalue weighted by Gasteiger charge is 2.28. The fourth-order valence-corrected chi connectivity index (χ4v) is 5.89. The van der Waals surface area contributed by atoms with Crippen LogP contribution < -0.4 is 10.2 Å². The summed E-state index contributed by atoms with van der Waals surface area (Å²) < 4.78 is 27.2. The van der Waals surface area contributed by atoms with E-state index in [0.717, 1.165) is 31.4 Å². The van der Waals surface area contributed by atoms with Crippen molar-refractivity contribution in [3.8, 4) is 0 Å². The number of amides is 1. The van der Waals surface area contributed by atoms with Crippen molar-refractivity contribution in [2.75, 3.05) is 29.9 Å². The van der Waals surface area contributed by atoms with Crippen LogP contribution in [0.15, 0.2) is 47.4 Å². The standard InChI is InChI=1S/C22H26ClN3O3S/c1-16-8-9-17-6-2-3-7-21(17)26(16)15-22(27)24-20-14-18(10-11-19(20)23)30(28,29)25-12-4-5-13-25/h2-3,6-7,10-11,14,16H,4-5,8-9,12-13,15H2,1H3,(H,24,27)/t16-/m0/s1. The lowest BCUT2D eigenvalue weighted by molar-refractivity contribution is -0.115. The van der Waals surface area contributed by atoms with Gasteiger partial charge in [-0.2, -0.15) is 4.31 Å². The predicted octanol–water partition coefficient (Wildman–Crippen LogP) is 3.90. The molecule has 160 valence electrons. The Kier molecular flexibility index (Phi) is 6.04. The van der Waals surface area contributed by atoms with Crippen molar-refractivity contribution >= 4 is 38.9 Å². The maximum Gasteiger partial charge on any atom is 0.243 e. The van der Waals surface area contributed by atoms with E-state index in [-0.39, 0.29) is 23.4 Å². The summed E-state index contributed by atoms with van der Waals surface area (Å²) in [5.74, 6) is -0.226. The first-order chi connectivity index (χ1) is 14.4. The average molecular weight is 448 g/mol. The van der Waals surface area contributed by atoms with E-state index in [2.05, 4.69) is 23.2 Å². The molecule has 4 rings (SSSR count). The Morgan fingerprint density at radius 1 is 1.17 bits per heavy atom. The highest BCUT2D eigenvalue weighted by atomic mass is 35.5. The molecule has 0 spiro atoms. The van der Waals surface area contributed by atoms with E-state index in [1.807, 2.05) is 18.2 Å². The van der Waals surface area contributed by atoms with Crippen molar-refractivity contribution in [3.63, 3.8) is 0 Å². The van der Waals surface area contributed by atoms with Gasteiger partial charge < -0.3 is 10.2 Å². The van der Waals surface area contributed by atoms with Gasteiger partial charge in [-0.3, -0.25) is 4.79 Å². The minimum atomic E-state index is -3.58. The van der Waals surface area contributed by atoms with Gasteiger partial charge in [0.1, 0.15) is 0 Å².